The molecule has 1 amide bonds. The lowest BCUT2D eigenvalue weighted by molar-refractivity contribution is -0.140. The van der Waals surface area contributed by atoms with Crippen LogP contribution < -0.4 is 5.32 Å². The van der Waals surface area contributed by atoms with E-state index in [0.717, 1.165) is 18.3 Å². The Bertz CT molecular complexity index is 831. The standard InChI is InChI=1S/C16H16F4N4O3/c1-8(2)13-10(14(25)23-11(5-17)15(26)27)7-22-24(13)12-4-3-9(6-21-12)16(18,19)20/h3-4,6-8,11H,5H2,1-2H3,(H,23,25)(H,26,27). The van der Waals surface area contributed by atoms with Crippen molar-refractivity contribution in [2.75, 3.05) is 6.67 Å². The molecule has 11 heteroatoms. The van der Waals surface area contributed by atoms with Crippen molar-refractivity contribution in [2.45, 2.75) is 32.0 Å². The van der Waals surface area contributed by atoms with Crippen LogP contribution in [0.25, 0.3) is 5.82 Å². The number of carboxylic acids is 1. The zero-order valence-corrected chi connectivity index (χ0v) is 14.3. The van der Waals surface area contributed by atoms with Gasteiger partial charge in [0.1, 0.15) is 6.67 Å². The van der Waals surface area contributed by atoms with Crippen LogP contribution in [0.1, 0.15) is 41.4 Å². The fourth-order valence-corrected chi connectivity index (χ4v) is 2.35. The summed E-state index contributed by atoms with van der Waals surface area (Å²) in [5, 5.41) is 14.8. The van der Waals surface area contributed by atoms with Crippen LogP contribution in [0, 0.1) is 0 Å². The number of carboxylic acid groups (broad SMARTS) is 1. The average molecular weight is 388 g/mol. The second kappa shape index (κ2) is 7.72. The summed E-state index contributed by atoms with van der Waals surface area (Å²) in [5.74, 6) is -2.66. The summed E-state index contributed by atoms with van der Waals surface area (Å²) < 4.78 is 51.9. The SMILES string of the molecule is CC(C)c1c(C(=O)NC(CF)C(=O)O)cnn1-c1ccc(C(F)(F)F)cn1. The number of nitrogens with zero attached hydrogens (tertiary/aromatic N) is 3. The first-order valence-corrected chi connectivity index (χ1v) is 7.77. The minimum Gasteiger partial charge on any atom is -0.480 e. The number of rotatable bonds is 6. The van der Waals surface area contributed by atoms with Gasteiger partial charge in [-0.15, -0.1) is 0 Å². The molecule has 2 heterocycles. The number of carbonyl (C=O) groups excluding carboxylic acids is 1. The largest absolute Gasteiger partial charge is 0.480 e. The Kier molecular flexibility index (Phi) is 5.82. The Morgan fingerprint density at radius 2 is 1.93 bits per heavy atom. The lowest BCUT2D eigenvalue weighted by Crippen LogP contribution is -2.42. The molecule has 2 N–H and O–H groups in total. The number of hydrogen-bond donors (Lipinski definition) is 2. The van der Waals surface area contributed by atoms with E-state index in [1.807, 2.05) is 5.32 Å². The van der Waals surface area contributed by atoms with Crippen molar-refractivity contribution < 1.29 is 32.3 Å². The molecule has 0 aliphatic heterocycles. The third kappa shape index (κ3) is 4.41. The summed E-state index contributed by atoms with van der Waals surface area (Å²) in [6.07, 6.45) is -2.77. The van der Waals surface area contributed by atoms with E-state index in [1.54, 1.807) is 13.8 Å². The van der Waals surface area contributed by atoms with Gasteiger partial charge in [-0.05, 0) is 18.1 Å². The van der Waals surface area contributed by atoms with Crippen molar-refractivity contribution in [2.24, 2.45) is 0 Å². The quantitative estimate of drug-likeness (QED) is 0.742. The number of aliphatic carboxylic acids is 1. The topological polar surface area (TPSA) is 97.1 Å². The summed E-state index contributed by atoms with van der Waals surface area (Å²) in [7, 11) is 0. The maximum absolute atomic E-state index is 12.7. The summed E-state index contributed by atoms with van der Waals surface area (Å²) in [6.45, 7) is 2.11. The number of hydrogen-bond acceptors (Lipinski definition) is 4. The second-order valence-corrected chi connectivity index (χ2v) is 5.93. The van der Waals surface area contributed by atoms with Crippen LogP contribution in [0.5, 0.6) is 0 Å². The maximum Gasteiger partial charge on any atom is 0.417 e. The van der Waals surface area contributed by atoms with Crippen molar-refractivity contribution in [1.29, 1.82) is 0 Å². The summed E-state index contributed by atoms with van der Waals surface area (Å²) in [5.41, 5.74) is -0.663. The van der Waals surface area contributed by atoms with Crippen LogP contribution in [0.4, 0.5) is 17.6 Å². The molecule has 0 aliphatic carbocycles. The summed E-state index contributed by atoms with van der Waals surface area (Å²) in [4.78, 5) is 26.9. The summed E-state index contributed by atoms with van der Waals surface area (Å²) >= 11 is 0. The van der Waals surface area contributed by atoms with Crippen molar-refractivity contribution in [1.82, 2.24) is 20.1 Å². The van der Waals surface area contributed by atoms with Crippen LogP contribution in [0.2, 0.25) is 0 Å². The summed E-state index contributed by atoms with van der Waals surface area (Å²) in [6, 6.07) is 0.215. The lowest BCUT2D eigenvalue weighted by Gasteiger charge is -2.14. The molecule has 0 bridgehead atoms. The third-order valence-corrected chi connectivity index (χ3v) is 3.65. The monoisotopic (exact) mass is 388 g/mol. The third-order valence-electron chi connectivity index (χ3n) is 3.65. The number of alkyl halides is 4. The van der Waals surface area contributed by atoms with Crippen molar-refractivity contribution >= 4 is 11.9 Å². The molecule has 0 aromatic carbocycles. The molecule has 27 heavy (non-hydrogen) atoms. The molecule has 1 atom stereocenters. The second-order valence-electron chi connectivity index (χ2n) is 5.93. The number of amides is 1. The normalized spacial score (nSPS) is 12.9. The number of nitrogens with one attached hydrogen (secondary N) is 1. The molecule has 0 radical (unpaired) electrons. The van der Waals surface area contributed by atoms with E-state index in [9.17, 15) is 27.2 Å². The molecule has 0 saturated heterocycles. The predicted molar refractivity (Wildman–Crippen MR) is 85.3 cm³/mol. The number of aromatic nitrogens is 3. The zero-order valence-electron chi connectivity index (χ0n) is 14.3. The molecule has 2 aromatic rings. The van der Waals surface area contributed by atoms with E-state index >= 15 is 0 Å². The van der Waals surface area contributed by atoms with E-state index in [4.69, 9.17) is 5.11 Å². The first-order valence-electron chi connectivity index (χ1n) is 7.77. The van der Waals surface area contributed by atoms with Crippen LogP contribution in [0.15, 0.2) is 24.5 Å². The zero-order chi connectivity index (χ0) is 20.4. The van der Waals surface area contributed by atoms with Crippen molar-refractivity contribution in [3.8, 4) is 5.82 Å². The van der Waals surface area contributed by atoms with Crippen molar-refractivity contribution in [3.05, 3.63) is 41.3 Å². The molecule has 2 rings (SSSR count). The Balaban J connectivity index is 2.40. The number of halogens is 4. The molecular weight excluding hydrogens is 372 g/mol. The van der Waals surface area contributed by atoms with Crippen molar-refractivity contribution in [3.63, 3.8) is 0 Å². The van der Waals surface area contributed by atoms with Gasteiger partial charge in [0.2, 0.25) is 0 Å². The Hall–Kier alpha value is -2.98. The van der Waals surface area contributed by atoms with Crippen LogP contribution in [0.3, 0.4) is 0 Å². The molecule has 0 fully saturated rings. The first-order chi connectivity index (χ1) is 12.6. The molecule has 0 aliphatic rings. The van der Waals surface area contributed by atoms with Gasteiger partial charge in [0.25, 0.3) is 5.91 Å². The smallest absolute Gasteiger partial charge is 0.417 e. The molecular formula is C16H16F4N4O3. The van der Waals surface area contributed by atoms with E-state index in [0.29, 0.717) is 11.9 Å². The number of pyridine rings is 1. The fourth-order valence-electron chi connectivity index (χ4n) is 2.35. The van der Waals surface area contributed by atoms with Crippen LogP contribution in [-0.4, -0.2) is 44.5 Å². The molecule has 7 nitrogen and oxygen atoms in total. The van der Waals surface area contributed by atoms with Gasteiger partial charge in [-0.1, -0.05) is 13.8 Å². The molecule has 2 aromatic heterocycles. The van der Waals surface area contributed by atoms with E-state index in [2.05, 4.69) is 10.1 Å². The highest BCUT2D eigenvalue weighted by Crippen LogP contribution is 2.29. The van der Waals surface area contributed by atoms with Gasteiger partial charge in [0.15, 0.2) is 11.9 Å². The van der Waals surface area contributed by atoms with E-state index in [-0.39, 0.29) is 17.3 Å². The van der Waals surface area contributed by atoms with Gasteiger partial charge in [-0.25, -0.2) is 18.9 Å². The maximum atomic E-state index is 12.7. The molecule has 0 saturated carbocycles. The molecule has 1 unspecified atom stereocenters. The fraction of sp³-hybridized carbons (Fsp3) is 0.375. The van der Waals surface area contributed by atoms with Gasteiger partial charge < -0.3 is 10.4 Å². The molecule has 146 valence electrons. The van der Waals surface area contributed by atoms with Gasteiger partial charge in [-0.2, -0.15) is 18.3 Å². The van der Waals surface area contributed by atoms with Gasteiger partial charge in [0.05, 0.1) is 23.0 Å². The predicted octanol–water partition coefficient (Wildman–Crippen LogP) is 2.56. The van der Waals surface area contributed by atoms with Crippen LogP contribution in [-0.2, 0) is 11.0 Å². The average Bonchev–Trinajstić information content (AvgIpc) is 3.04. The first kappa shape index (κ1) is 20.3. The van der Waals surface area contributed by atoms with E-state index in [1.165, 1.54) is 4.68 Å². The Labute approximate surface area is 151 Å². The lowest BCUT2D eigenvalue weighted by atomic mass is 10.0. The van der Waals surface area contributed by atoms with Gasteiger partial charge >= 0.3 is 12.1 Å². The number of carbonyl (C=O) groups is 2. The van der Waals surface area contributed by atoms with E-state index < -0.39 is 36.3 Å². The Morgan fingerprint density at radius 3 is 2.37 bits per heavy atom. The molecule has 0 spiro atoms. The van der Waals surface area contributed by atoms with Gasteiger partial charge in [0, 0.05) is 6.20 Å². The van der Waals surface area contributed by atoms with Gasteiger partial charge in [-0.3, -0.25) is 4.79 Å². The minimum atomic E-state index is -4.54. The Morgan fingerprint density at radius 1 is 1.26 bits per heavy atom. The highest BCUT2D eigenvalue weighted by Gasteiger charge is 2.31. The highest BCUT2D eigenvalue weighted by molar-refractivity contribution is 5.97. The van der Waals surface area contributed by atoms with Crippen LogP contribution >= 0.6 is 0 Å². The highest BCUT2D eigenvalue weighted by atomic mass is 19.4. The minimum absolute atomic E-state index is 0.0219.